The van der Waals surface area contributed by atoms with Crippen LogP contribution in [0.2, 0.25) is 0 Å². The fourth-order valence-electron chi connectivity index (χ4n) is 4.72. The largest absolute Gasteiger partial charge is 0.490 e. The zero-order valence-corrected chi connectivity index (χ0v) is 21.4. The quantitative estimate of drug-likeness (QED) is 0.594. The molecule has 2 amide bonds. The van der Waals surface area contributed by atoms with Crippen LogP contribution in [0.3, 0.4) is 0 Å². The van der Waals surface area contributed by atoms with Crippen LogP contribution in [0.4, 0.5) is 13.6 Å². The van der Waals surface area contributed by atoms with Crippen LogP contribution in [0.1, 0.15) is 38.7 Å². The van der Waals surface area contributed by atoms with E-state index in [9.17, 15) is 18.4 Å². The van der Waals surface area contributed by atoms with E-state index in [-0.39, 0.29) is 37.2 Å². The van der Waals surface area contributed by atoms with E-state index in [0.29, 0.717) is 42.9 Å². The van der Waals surface area contributed by atoms with Crippen molar-refractivity contribution in [1.29, 1.82) is 0 Å². The topological polar surface area (TPSA) is 85.1 Å². The number of hydrogen-bond donors (Lipinski definition) is 1. The Balaban J connectivity index is 1.30. The van der Waals surface area contributed by atoms with Gasteiger partial charge in [0.15, 0.2) is 0 Å². The summed E-state index contributed by atoms with van der Waals surface area (Å²) in [5, 5.41) is 0. The Morgan fingerprint density at radius 2 is 1.65 bits per heavy atom. The molecule has 2 fully saturated rings. The highest BCUT2D eigenvalue weighted by Crippen LogP contribution is 2.27. The van der Waals surface area contributed by atoms with E-state index >= 15 is 0 Å². The van der Waals surface area contributed by atoms with Gasteiger partial charge in [-0.2, -0.15) is 0 Å². The van der Waals surface area contributed by atoms with Crippen molar-refractivity contribution in [3.8, 4) is 16.9 Å². The number of ether oxygens (including phenoxy) is 2. The Labute approximate surface area is 216 Å². The molecule has 9 heteroatoms. The van der Waals surface area contributed by atoms with E-state index < -0.39 is 18.0 Å². The molecule has 2 saturated heterocycles. The molecule has 37 heavy (non-hydrogen) atoms. The number of likely N-dealkylation sites (tertiary alicyclic amines) is 2. The van der Waals surface area contributed by atoms with Gasteiger partial charge in [0.25, 0.3) is 0 Å². The second kappa shape index (κ2) is 11.9. The summed E-state index contributed by atoms with van der Waals surface area (Å²) >= 11 is 0. The minimum atomic E-state index is -1.02. The lowest BCUT2D eigenvalue weighted by Gasteiger charge is -2.32. The van der Waals surface area contributed by atoms with Crippen molar-refractivity contribution in [1.82, 2.24) is 9.80 Å². The summed E-state index contributed by atoms with van der Waals surface area (Å²) in [4.78, 5) is 27.6. The molecule has 0 aliphatic carbocycles. The van der Waals surface area contributed by atoms with E-state index in [1.165, 1.54) is 11.0 Å². The van der Waals surface area contributed by atoms with Crippen molar-refractivity contribution in [2.45, 2.75) is 64.0 Å². The van der Waals surface area contributed by atoms with Gasteiger partial charge in [-0.05, 0) is 61.6 Å². The highest BCUT2D eigenvalue weighted by atomic mass is 19.1. The van der Waals surface area contributed by atoms with Crippen molar-refractivity contribution in [3.63, 3.8) is 0 Å². The lowest BCUT2D eigenvalue weighted by molar-refractivity contribution is -0.131. The van der Waals surface area contributed by atoms with Crippen LogP contribution in [0.5, 0.6) is 5.75 Å². The average Bonchev–Trinajstić information content (AvgIpc) is 3.31. The number of amides is 2. The molecule has 2 N–H and O–H groups in total. The highest BCUT2D eigenvalue weighted by Gasteiger charge is 2.29. The van der Waals surface area contributed by atoms with Gasteiger partial charge in [-0.1, -0.05) is 24.3 Å². The first kappa shape index (κ1) is 26.9. The van der Waals surface area contributed by atoms with Crippen LogP contribution in [0.25, 0.3) is 11.1 Å². The number of alkyl halides is 1. The zero-order valence-electron chi connectivity index (χ0n) is 21.4. The first-order chi connectivity index (χ1) is 17.7. The van der Waals surface area contributed by atoms with Gasteiger partial charge in [0.2, 0.25) is 5.91 Å². The molecule has 2 heterocycles. The van der Waals surface area contributed by atoms with Crippen molar-refractivity contribution in [2.24, 2.45) is 5.73 Å². The van der Waals surface area contributed by atoms with Gasteiger partial charge in [0, 0.05) is 32.5 Å². The summed E-state index contributed by atoms with van der Waals surface area (Å²) in [6, 6.07) is 11.4. The molecule has 7 nitrogen and oxygen atoms in total. The van der Waals surface area contributed by atoms with Crippen molar-refractivity contribution >= 4 is 12.0 Å². The number of halogens is 2. The van der Waals surface area contributed by atoms with E-state index in [4.69, 9.17) is 15.2 Å². The normalized spacial score (nSPS) is 19.2. The maximum Gasteiger partial charge on any atom is 0.410 e. The Morgan fingerprint density at radius 3 is 2.24 bits per heavy atom. The lowest BCUT2D eigenvalue weighted by atomic mass is 9.99. The summed E-state index contributed by atoms with van der Waals surface area (Å²) in [5.74, 6) is -0.0695. The van der Waals surface area contributed by atoms with Crippen molar-refractivity contribution in [2.75, 3.05) is 26.2 Å². The van der Waals surface area contributed by atoms with Crippen LogP contribution in [0, 0.1) is 5.82 Å². The van der Waals surface area contributed by atoms with E-state index in [0.717, 1.165) is 18.4 Å². The number of hydrogen-bond acceptors (Lipinski definition) is 5. The minimum Gasteiger partial charge on any atom is -0.490 e. The SMILES string of the molecule is CC(C)OC(=O)N1CCC(Oc2ccc(-c3ccc(C[C@H](N)C(=O)N4CC[C@H](F)C4)c(F)c3)cc2)CC1. The van der Waals surface area contributed by atoms with Crippen LogP contribution < -0.4 is 10.5 Å². The fraction of sp³-hybridized carbons (Fsp3) is 0.500. The van der Waals surface area contributed by atoms with Crippen LogP contribution in [0.15, 0.2) is 42.5 Å². The zero-order chi connectivity index (χ0) is 26.5. The molecule has 200 valence electrons. The molecule has 4 rings (SSSR count). The Bertz CT molecular complexity index is 1090. The molecule has 0 radical (unpaired) electrons. The maximum absolute atomic E-state index is 14.8. The molecule has 0 spiro atoms. The molecular formula is C28H35F2N3O4. The van der Waals surface area contributed by atoms with E-state index in [1.54, 1.807) is 17.0 Å². The number of carbonyl (C=O) groups is 2. The second-order valence-electron chi connectivity index (χ2n) is 10.0. The molecule has 0 aromatic heterocycles. The van der Waals surface area contributed by atoms with E-state index in [2.05, 4.69) is 0 Å². The number of rotatable bonds is 7. The Morgan fingerprint density at radius 1 is 1.00 bits per heavy atom. The van der Waals surface area contributed by atoms with Crippen LogP contribution in [-0.4, -0.2) is 72.4 Å². The standard InChI is InChI=1S/C28H35F2N3O4/c1-18(2)36-28(35)32-13-10-24(11-14-32)37-23-7-5-19(6-8-23)20-3-4-21(25(30)15-20)16-26(31)27(34)33-12-9-22(29)17-33/h3-8,15,18,22,24,26H,9-14,16-17,31H2,1-2H3/t22-,26-/m0/s1. The number of carbonyl (C=O) groups excluding carboxylic acids is 2. The summed E-state index contributed by atoms with van der Waals surface area (Å²) in [7, 11) is 0. The number of nitrogens with zero attached hydrogens (tertiary/aromatic N) is 2. The molecule has 0 saturated carbocycles. The summed E-state index contributed by atoms with van der Waals surface area (Å²) in [6.07, 6.45) is 0.380. The summed E-state index contributed by atoms with van der Waals surface area (Å²) < 4.78 is 39.6. The van der Waals surface area contributed by atoms with Gasteiger partial charge in [-0.25, -0.2) is 13.6 Å². The Hall–Kier alpha value is -3.20. The molecular weight excluding hydrogens is 480 g/mol. The number of piperidine rings is 1. The third-order valence-electron chi connectivity index (χ3n) is 6.78. The molecule has 0 unspecified atom stereocenters. The molecule has 2 aromatic rings. The van der Waals surface area contributed by atoms with Gasteiger partial charge in [-0.3, -0.25) is 4.79 Å². The first-order valence-corrected chi connectivity index (χ1v) is 12.9. The molecule has 2 aliphatic rings. The number of benzene rings is 2. The maximum atomic E-state index is 14.8. The van der Waals surface area contributed by atoms with Gasteiger partial charge in [0.1, 0.15) is 23.8 Å². The monoisotopic (exact) mass is 515 g/mol. The van der Waals surface area contributed by atoms with Gasteiger partial charge >= 0.3 is 6.09 Å². The molecule has 2 atom stereocenters. The Kier molecular flexibility index (Phi) is 8.63. The average molecular weight is 516 g/mol. The minimum absolute atomic E-state index is 0.00828. The van der Waals surface area contributed by atoms with Crippen molar-refractivity contribution in [3.05, 3.63) is 53.8 Å². The third-order valence-corrected chi connectivity index (χ3v) is 6.78. The fourth-order valence-corrected chi connectivity index (χ4v) is 4.72. The van der Waals surface area contributed by atoms with Gasteiger partial charge in [-0.15, -0.1) is 0 Å². The smallest absolute Gasteiger partial charge is 0.410 e. The lowest BCUT2D eigenvalue weighted by Crippen LogP contribution is -2.44. The predicted molar refractivity (Wildman–Crippen MR) is 136 cm³/mol. The second-order valence-corrected chi connectivity index (χ2v) is 10.0. The molecule has 0 bridgehead atoms. The molecule has 2 aliphatic heterocycles. The highest BCUT2D eigenvalue weighted by molar-refractivity contribution is 5.82. The first-order valence-electron chi connectivity index (χ1n) is 12.9. The van der Waals surface area contributed by atoms with Crippen LogP contribution in [-0.2, 0) is 16.0 Å². The third kappa shape index (κ3) is 6.97. The van der Waals surface area contributed by atoms with Crippen molar-refractivity contribution < 1.29 is 27.8 Å². The van der Waals surface area contributed by atoms with Crippen LogP contribution >= 0.6 is 0 Å². The van der Waals surface area contributed by atoms with Gasteiger partial charge in [0.05, 0.1) is 18.7 Å². The molecule has 2 aromatic carbocycles. The van der Waals surface area contributed by atoms with Gasteiger partial charge < -0.3 is 25.0 Å². The summed E-state index contributed by atoms with van der Waals surface area (Å²) in [5.41, 5.74) is 7.89. The predicted octanol–water partition coefficient (Wildman–Crippen LogP) is 4.32. The summed E-state index contributed by atoms with van der Waals surface area (Å²) in [6.45, 7) is 5.24. The number of nitrogens with two attached hydrogens (primary N) is 1. The van der Waals surface area contributed by atoms with E-state index in [1.807, 2.05) is 38.1 Å².